The van der Waals surface area contributed by atoms with Crippen LogP contribution < -0.4 is 14.2 Å². The summed E-state index contributed by atoms with van der Waals surface area (Å²) in [5, 5.41) is 3.94. The first kappa shape index (κ1) is 20.8. The van der Waals surface area contributed by atoms with Crippen LogP contribution in [0.15, 0.2) is 53.1 Å². The van der Waals surface area contributed by atoms with Crippen LogP contribution >= 0.6 is 0 Å². The number of carbonyl (C=O) groups is 1. The van der Waals surface area contributed by atoms with Crippen molar-refractivity contribution >= 4 is 5.91 Å². The highest BCUT2D eigenvalue weighted by atomic mass is 16.6. The van der Waals surface area contributed by atoms with E-state index in [-0.39, 0.29) is 12.0 Å². The number of carbonyl (C=O) groups excluding carboxylic acids is 1. The van der Waals surface area contributed by atoms with Crippen LogP contribution in [0.1, 0.15) is 34.3 Å². The third-order valence-electron chi connectivity index (χ3n) is 5.31. The maximum Gasteiger partial charge on any atom is 0.254 e. The van der Waals surface area contributed by atoms with E-state index in [2.05, 4.69) is 5.16 Å². The summed E-state index contributed by atoms with van der Waals surface area (Å²) >= 11 is 0. The number of benzene rings is 2. The molecule has 0 radical (unpaired) electrons. The van der Waals surface area contributed by atoms with Crippen LogP contribution in [-0.2, 0) is 6.61 Å². The number of fused-ring (bicyclic) bond motifs is 1. The first-order valence-electron chi connectivity index (χ1n) is 10.4. The largest absolute Gasteiger partial charge is 0.489 e. The van der Waals surface area contributed by atoms with Crippen molar-refractivity contribution in [3.8, 4) is 17.2 Å². The Bertz CT molecular complexity index is 1040. The lowest BCUT2D eigenvalue weighted by Crippen LogP contribution is -2.43. The molecule has 1 aliphatic heterocycles. The molecule has 7 nitrogen and oxygen atoms in total. The number of hydrogen-bond acceptors (Lipinski definition) is 6. The fourth-order valence-electron chi connectivity index (χ4n) is 3.52. The van der Waals surface area contributed by atoms with Gasteiger partial charge in [-0.05, 0) is 51.1 Å². The Balaban J connectivity index is 1.41. The predicted octanol–water partition coefficient (Wildman–Crippen LogP) is 4.17. The molecule has 1 aliphatic rings. The van der Waals surface area contributed by atoms with Crippen LogP contribution in [0.4, 0.5) is 0 Å². The summed E-state index contributed by atoms with van der Waals surface area (Å²) in [5.41, 5.74) is 2.29. The Kier molecular flexibility index (Phi) is 6.11. The number of aromatic nitrogens is 1. The second kappa shape index (κ2) is 9.12. The Morgan fingerprint density at radius 2 is 1.97 bits per heavy atom. The van der Waals surface area contributed by atoms with E-state index in [1.807, 2.05) is 57.2 Å². The fourth-order valence-corrected chi connectivity index (χ4v) is 3.52. The average Bonchev–Trinajstić information content (AvgIpc) is 3.12. The number of hydrogen-bond donors (Lipinski definition) is 0. The Labute approximate surface area is 181 Å². The van der Waals surface area contributed by atoms with Gasteiger partial charge < -0.3 is 23.6 Å². The number of amides is 1. The third-order valence-corrected chi connectivity index (χ3v) is 5.31. The minimum absolute atomic E-state index is 0.0762. The molecule has 1 amide bonds. The minimum atomic E-state index is -0.224. The molecule has 2 aromatic carbocycles. The van der Waals surface area contributed by atoms with Crippen molar-refractivity contribution in [3.05, 3.63) is 71.1 Å². The molecule has 1 aromatic heterocycles. The molecule has 1 unspecified atom stereocenters. The molecule has 0 fully saturated rings. The van der Waals surface area contributed by atoms with Gasteiger partial charge in [0.05, 0.1) is 17.8 Å². The maximum absolute atomic E-state index is 13.1. The number of nitrogens with zero attached hydrogens (tertiary/aromatic N) is 2. The van der Waals surface area contributed by atoms with Gasteiger partial charge in [-0.1, -0.05) is 23.4 Å². The van der Waals surface area contributed by atoms with Crippen molar-refractivity contribution in [1.82, 2.24) is 10.1 Å². The molecule has 0 aliphatic carbocycles. The van der Waals surface area contributed by atoms with Gasteiger partial charge in [-0.25, -0.2) is 0 Å². The summed E-state index contributed by atoms with van der Waals surface area (Å²) in [6.45, 7) is 7.42. The number of likely N-dealkylation sites (N-methyl/N-ethyl adjacent to an activating group) is 1. The first-order chi connectivity index (χ1) is 15.0. The van der Waals surface area contributed by atoms with E-state index >= 15 is 0 Å². The van der Waals surface area contributed by atoms with E-state index in [0.29, 0.717) is 43.4 Å². The highest BCUT2D eigenvalue weighted by Crippen LogP contribution is 2.31. The number of para-hydroxylation sites is 2. The summed E-state index contributed by atoms with van der Waals surface area (Å²) in [7, 11) is 0. The van der Waals surface area contributed by atoms with Crippen LogP contribution in [0, 0.1) is 13.8 Å². The SMILES string of the molecule is CCN(CC1COc2ccccc2O1)C(=O)c1cccc(OCc2c(C)noc2C)c1. The fraction of sp³-hybridized carbons (Fsp3) is 0.333. The Hall–Kier alpha value is -3.48. The van der Waals surface area contributed by atoms with Crippen LogP contribution in [0.25, 0.3) is 0 Å². The summed E-state index contributed by atoms with van der Waals surface area (Å²) in [4.78, 5) is 14.9. The normalized spacial score (nSPS) is 14.9. The van der Waals surface area contributed by atoms with Gasteiger partial charge in [-0.15, -0.1) is 0 Å². The number of ether oxygens (including phenoxy) is 3. The molecule has 0 bridgehead atoms. The third kappa shape index (κ3) is 4.66. The van der Waals surface area contributed by atoms with Crippen molar-refractivity contribution in [2.45, 2.75) is 33.5 Å². The molecule has 1 atom stereocenters. The molecule has 0 saturated carbocycles. The molecule has 0 N–H and O–H groups in total. The molecule has 7 heteroatoms. The van der Waals surface area contributed by atoms with Gasteiger partial charge in [0.15, 0.2) is 17.6 Å². The molecule has 0 spiro atoms. The van der Waals surface area contributed by atoms with Gasteiger partial charge in [0.2, 0.25) is 0 Å². The Morgan fingerprint density at radius 3 is 2.71 bits per heavy atom. The molecule has 31 heavy (non-hydrogen) atoms. The summed E-state index contributed by atoms with van der Waals surface area (Å²) < 4.78 is 22.9. The molecule has 0 saturated heterocycles. The van der Waals surface area contributed by atoms with Gasteiger partial charge in [-0.2, -0.15) is 0 Å². The van der Waals surface area contributed by atoms with Crippen molar-refractivity contribution < 1.29 is 23.5 Å². The van der Waals surface area contributed by atoms with Gasteiger partial charge in [0.25, 0.3) is 5.91 Å². The van der Waals surface area contributed by atoms with Crippen LogP contribution in [-0.4, -0.2) is 41.8 Å². The average molecular weight is 422 g/mol. The Morgan fingerprint density at radius 1 is 1.16 bits per heavy atom. The van der Waals surface area contributed by atoms with E-state index in [1.54, 1.807) is 17.0 Å². The number of rotatable bonds is 7. The molecule has 3 aromatic rings. The lowest BCUT2D eigenvalue weighted by Gasteiger charge is -2.31. The second-order valence-electron chi connectivity index (χ2n) is 7.46. The highest BCUT2D eigenvalue weighted by Gasteiger charge is 2.25. The van der Waals surface area contributed by atoms with E-state index in [0.717, 1.165) is 22.8 Å². The summed E-state index contributed by atoms with van der Waals surface area (Å²) in [6.07, 6.45) is -0.224. The van der Waals surface area contributed by atoms with E-state index in [9.17, 15) is 4.79 Å². The molecule has 162 valence electrons. The smallest absolute Gasteiger partial charge is 0.254 e. The van der Waals surface area contributed by atoms with Gasteiger partial charge in [-0.3, -0.25) is 4.79 Å². The molecular weight excluding hydrogens is 396 g/mol. The van der Waals surface area contributed by atoms with Gasteiger partial charge >= 0.3 is 0 Å². The number of aryl methyl sites for hydroxylation is 2. The van der Waals surface area contributed by atoms with Crippen molar-refractivity contribution in [2.24, 2.45) is 0 Å². The standard InChI is InChI=1S/C24H26N2O5/c1-4-26(13-20-14-29-22-10-5-6-11-23(22)30-20)24(27)18-8-7-9-19(12-18)28-15-21-16(2)25-31-17(21)3/h5-12,20H,4,13-15H2,1-3H3. The van der Waals surface area contributed by atoms with E-state index < -0.39 is 0 Å². The summed E-state index contributed by atoms with van der Waals surface area (Å²) in [6, 6.07) is 14.8. The molecular formula is C24H26N2O5. The lowest BCUT2D eigenvalue weighted by atomic mass is 10.1. The zero-order valence-corrected chi connectivity index (χ0v) is 18.0. The second-order valence-corrected chi connectivity index (χ2v) is 7.46. The maximum atomic E-state index is 13.1. The highest BCUT2D eigenvalue weighted by molar-refractivity contribution is 5.94. The molecule has 4 rings (SSSR count). The minimum Gasteiger partial charge on any atom is -0.489 e. The van der Waals surface area contributed by atoms with E-state index in [1.165, 1.54) is 0 Å². The van der Waals surface area contributed by atoms with Crippen molar-refractivity contribution in [3.63, 3.8) is 0 Å². The lowest BCUT2D eigenvalue weighted by molar-refractivity contribution is 0.0474. The monoisotopic (exact) mass is 422 g/mol. The predicted molar refractivity (Wildman–Crippen MR) is 115 cm³/mol. The summed E-state index contributed by atoms with van der Waals surface area (Å²) in [5.74, 6) is 2.72. The van der Waals surface area contributed by atoms with Gasteiger partial charge in [0, 0.05) is 12.1 Å². The zero-order valence-electron chi connectivity index (χ0n) is 18.0. The quantitative estimate of drug-likeness (QED) is 0.569. The zero-order chi connectivity index (χ0) is 21.8. The van der Waals surface area contributed by atoms with Crippen molar-refractivity contribution in [1.29, 1.82) is 0 Å². The first-order valence-corrected chi connectivity index (χ1v) is 10.4. The van der Waals surface area contributed by atoms with Crippen LogP contribution in [0.5, 0.6) is 17.2 Å². The van der Waals surface area contributed by atoms with Crippen LogP contribution in [0.3, 0.4) is 0 Å². The molecule has 2 heterocycles. The van der Waals surface area contributed by atoms with Crippen LogP contribution in [0.2, 0.25) is 0 Å². The van der Waals surface area contributed by atoms with Crippen molar-refractivity contribution in [2.75, 3.05) is 19.7 Å². The van der Waals surface area contributed by atoms with E-state index in [4.69, 9.17) is 18.7 Å². The van der Waals surface area contributed by atoms with Gasteiger partial charge in [0.1, 0.15) is 24.7 Å². The topological polar surface area (TPSA) is 74.0 Å².